The van der Waals surface area contributed by atoms with Crippen LogP contribution in [0.4, 0.5) is 5.69 Å². The first kappa shape index (κ1) is 22.7. The minimum atomic E-state index is -1.10. The standard InChI is InChI=1S/C27H33N5OSi/c1-20-30-26-15-23(17-29-27(26)32(20)19-33-13-14-34(2,3)4)25-16-24(9-11-28-25)31-12-10-21-7-5-6-8-22(21)18-31/h5-9,11,15-17H,10,12-14,18-19H2,1-4H3. The summed E-state index contributed by atoms with van der Waals surface area (Å²) in [6.45, 7) is 12.3. The Kier molecular flexibility index (Phi) is 6.23. The third kappa shape index (κ3) is 4.90. The van der Waals surface area contributed by atoms with Gasteiger partial charge in [0.15, 0.2) is 5.65 Å². The molecule has 0 spiro atoms. The molecule has 0 atom stereocenters. The van der Waals surface area contributed by atoms with E-state index in [1.54, 1.807) is 0 Å². The van der Waals surface area contributed by atoms with Gasteiger partial charge in [0.1, 0.15) is 18.1 Å². The Balaban J connectivity index is 1.35. The molecule has 0 bridgehead atoms. The second-order valence-corrected chi connectivity index (χ2v) is 16.0. The Labute approximate surface area is 202 Å². The molecule has 0 saturated carbocycles. The molecule has 176 valence electrons. The van der Waals surface area contributed by atoms with Crippen molar-refractivity contribution in [2.24, 2.45) is 0 Å². The molecule has 5 rings (SSSR count). The molecule has 1 aliphatic heterocycles. The van der Waals surface area contributed by atoms with Gasteiger partial charge in [0, 0.05) is 51.4 Å². The van der Waals surface area contributed by atoms with Crippen LogP contribution in [0.25, 0.3) is 22.4 Å². The summed E-state index contributed by atoms with van der Waals surface area (Å²) in [4.78, 5) is 16.6. The number of imidazole rings is 1. The highest BCUT2D eigenvalue weighted by Gasteiger charge is 2.18. The van der Waals surface area contributed by atoms with Gasteiger partial charge in [-0.1, -0.05) is 43.9 Å². The molecular formula is C27H33N5OSi. The number of aryl methyl sites for hydroxylation is 1. The lowest BCUT2D eigenvalue weighted by atomic mass is 9.99. The first-order chi connectivity index (χ1) is 16.4. The maximum atomic E-state index is 5.97. The summed E-state index contributed by atoms with van der Waals surface area (Å²) >= 11 is 0. The Morgan fingerprint density at radius 2 is 1.85 bits per heavy atom. The Morgan fingerprint density at radius 1 is 1.03 bits per heavy atom. The van der Waals surface area contributed by atoms with E-state index in [0.29, 0.717) is 6.73 Å². The Hall–Kier alpha value is -3.03. The van der Waals surface area contributed by atoms with Crippen molar-refractivity contribution < 1.29 is 4.74 Å². The maximum Gasteiger partial charge on any atom is 0.161 e. The van der Waals surface area contributed by atoms with Crippen molar-refractivity contribution in [1.29, 1.82) is 0 Å². The molecule has 4 heterocycles. The van der Waals surface area contributed by atoms with Crippen LogP contribution in [0.3, 0.4) is 0 Å². The van der Waals surface area contributed by atoms with Crippen LogP contribution in [0.1, 0.15) is 17.0 Å². The zero-order valence-corrected chi connectivity index (χ0v) is 21.6. The van der Waals surface area contributed by atoms with Crippen molar-refractivity contribution in [3.63, 3.8) is 0 Å². The summed E-state index contributed by atoms with van der Waals surface area (Å²) in [6, 6.07) is 16.2. The lowest BCUT2D eigenvalue weighted by Gasteiger charge is -2.30. The summed E-state index contributed by atoms with van der Waals surface area (Å²) in [7, 11) is -1.10. The summed E-state index contributed by atoms with van der Waals surface area (Å²) in [5.74, 6) is 0.918. The fraction of sp³-hybridized carbons (Fsp3) is 0.370. The molecule has 0 unspecified atom stereocenters. The molecule has 0 radical (unpaired) electrons. The second kappa shape index (κ2) is 9.31. The minimum absolute atomic E-state index is 0.489. The number of hydrogen-bond acceptors (Lipinski definition) is 5. The number of ether oxygens (including phenoxy) is 1. The lowest BCUT2D eigenvalue weighted by Crippen LogP contribution is -2.30. The van der Waals surface area contributed by atoms with E-state index in [-0.39, 0.29) is 0 Å². The van der Waals surface area contributed by atoms with Gasteiger partial charge in [0.2, 0.25) is 0 Å². The van der Waals surface area contributed by atoms with Crippen LogP contribution in [0.5, 0.6) is 0 Å². The lowest BCUT2D eigenvalue weighted by molar-refractivity contribution is 0.0881. The maximum absolute atomic E-state index is 5.97. The van der Waals surface area contributed by atoms with E-state index < -0.39 is 8.07 Å². The van der Waals surface area contributed by atoms with Crippen molar-refractivity contribution in [1.82, 2.24) is 19.5 Å². The van der Waals surface area contributed by atoms with Crippen LogP contribution in [0.2, 0.25) is 25.7 Å². The van der Waals surface area contributed by atoms with Crippen molar-refractivity contribution in [2.45, 2.75) is 52.3 Å². The highest BCUT2D eigenvalue weighted by molar-refractivity contribution is 6.76. The van der Waals surface area contributed by atoms with E-state index in [1.807, 2.05) is 19.3 Å². The average Bonchev–Trinajstić information content (AvgIpc) is 3.15. The van der Waals surface area contributed by atoms with E-state index in [9.17, 15) is 0 Å². The van der Waals surface area contributed by atoms with Crippen LogP contribution in [-0.4, -0.2) is 40.7 Å². The molecule has 6 nitrogen and oxygen atoms in total. The number of nitrogens with zero attached hydrogens (tertiary/aromatic N) is 5. The van der Waals surface area contributed by atoms with Gasteiger partial charge in [-0.3, -0.25) is 9.55 Å². The largest absolute Gasteiger partial charge is 0.367 e. The zero-order chi connectivity index (χ0) is 23.7. The molecule has 1 aromatic carbocycles. The highest BCUT2D eigenvalue weighted by atomic mass is 28.3. The molecule has 0 N–H and O–H groups in total. The van der Waals surface area contributed by atoms with Crippen molar-refractivity contribution >= 4 is 24.9 Å². The third-order valence-corrected chi connectivity index (χ3v) is 8.23. The van der Waals surface area contributed by atoms with Crippen LogP contribution < -0.4 is 4.90 Å². The Bertz CT molecular complexity index is 1310. The fourth-order valence-electron chi connectivity index (χ4n) is 4.44. The molecule has 34 heavy (non-hydrogen) atoms. The molecule has 0 aliphatic carbocycles. The topological polar surface area (TPSA) is 56.1 Å². The van der Waals surface area contributed by atoms with Crippen LogP contribution in [-0.2, 0) is 24.4 Å². The summed E-state index contributed by atoms with van der Waals surface area (Å²) < 4.78 is 8.02. The summed E-state index contributed by atoms with van der Waals surface area (Å²) in [5.41, 5.74) is 7.69. The molecule has 7 heteroatoms. The number of anilines is 1. The first-order valence-electron chi connectivity index (χ1n) is 12.1. The van der Waals surface area contributed by atoms with Gasteiger partial charge in [-0.15, -0.1) is 0 Å². The van der Waals surface area contributed by atoms with Gasteiger partial charge in [-0.05, 0) is 48.7 Å². The third-order valence-electron chi connectivity index (χ3n) is 6.53. The van der Waals surface area contributed by atoms with E-state index >= 15 is 0 Å². The van der Waals surface area contributed by atoms with Crippen molar-refractivity contribution in [3.05, 3.63) is 71.8 Å². The number of aromatic nitrogens is 4. The normalized spacial score (nSPS) is 13.9. The van der Waals surface area contributed by atoms with Crippen molar-refractivity contribution in [2.75, 3.05) is 18.1 Å². The number of hydrogen-bond donors (Lipinski definition) is 0. The number of rotatable bonds is 7. The predicted molar refractivity (Wildman–Crippen MR) is 141 cm³/mol. The number of benzene rings is 1. The minimum Gasteiger partial charge on any atom is -0.367 e. The van der Waals surface area contributed by atoms with Crippen LogP contribution in [0, 0.1) is 6.92 Å². The van der Waals surface area contributed by atoms with Crippen LogP contribution in [0.15, 0.2) is 54.9 Å². The van der Waals surface area contributed by atoms with E-state index in [0.717, 1.165) is 60.4 Å². The zero-order valence-electron chi connectivity index (χ0n) is 20.6. The van der Waals surface area contributed by atoms with Gasteiger partial charge >= 0.3 is 0 Å². The van der Waals surface area contributed by atoms with Gasteiger partial charge in [0.25, 0.3) is 0 Å². The SMILES string of the molecule is Cc1nc2cc(-c3cc(N4CCc5ccccc5C4)ccn3)cnc2n1COCC[Si](C)(C)C. The van der Waals surface area contributed by atoms with Crippen molar-refractivity contribution in [3.8, 4) is 11.3 Å². The highest BCUT2D eigenvalue weighted by Crippen LogP contribution is 2.28. The monoisotopic (exact) mass is 471 g/mol. The molecule has 0 amide bonds. The smallest absolute Gasteiger partial charge is 0.161 e. The molecule has 1 aliphatic rings. The van der Waals surface area contributed by atoms with Gasteiger partial charge in [-0.2, -0.15) is 0 Å². The summed E-state index contributed by atoms with van der Waals surface area (Å²) in [6.07, 6.45) is 4.86. The molecule has 0 saturated heterocycles. The molecular weight excluding hydrogens is 438 g/mol. The van der Waals surface area contributed by atoms with E-state index in [1.165, 1.54) is 16.8 Å². The van der Waals surface area contributed by atoms with Gasteiger partial charge < -0.3 is 9.64 Å². The van der Waals surface area contributed by atoms with E-state index in [4.69, 9.17) is 14.7 Å². The number of pyridine rings is 2. The average molecular weight is 472 g/mol. The van der Waals surface area contributed by atoms with E-state index in [2.05, 4.69) is 76.6 Å². The first-order valence-corrected chi connectivity index (χ1v) is 15.8. The number of fused-ring (bicyclic) bond motifs is 2. The molecule has 4 aromatic rings. The van der Waals surface area contributed by atoms with Gasteiger partial charge in [-0.25, -0.2) is 9.97 Å². The molecule has 3 aromatic heterocycles. The molecule has 0 fully saturated rings. The quantitative estimate of drug-likeness (QED) is 0.256. The summed E-state index contributed by atoms with van der Waals surface area (Å²) in [5, 5.41) is 0. The predicted octanol–water partition coefficient (Wildman–Crippen LogP) is 5.68. The van der Waals surface area contributed by atoms with Gasteiger partial charge in [0.05, 0.1) is 5.69 Å². The fourth-order valence-corrected chi connectivity index (χ4v) is 5.20. The second-order valence-electron chi connectivity index (χ2n) is 10.3. The van der Waals surface area contributed by atoms with Crippen LogP contribution >= 0.6 is 0 Å². The Morgan fingerprint density at radius 3 is 2.68 bits per heavy atom.